The maximum Gasteiger partial charge on any atom is 0.242 e. The summed E-state index contributed by atoms with van der Waals surface area (Å²) in [5, 5.41) is 0. The summed E-state index contributed by atoms with van der Waals surface area (Å²) >= 11 is 0. The lowest BCUT2D eigenvalue weighted by Gasteiger charge is -2.11. The number of sulfonamides is 1. The number of nitrogens with zero attached hydrogens (tertiary/aromatic N) is 1. The van der Waals surface area contributed by atoms with E-state index in [4.69, 9.17) is 9.47 Å². The van der Waals surface area contributed by atoms with Crippen LogP contribution in [0.15, 0.2) is 76.7 Å². The maximum atomic E-state index is 12.7. The van der Waals surface area contributed by atoms with Gasteiger partial charge in [0, 0.05) is 25.1 Å². The highest BCUT2D eigenvalue weighted by Crippen LogP contribution is 2.24. The van der Waals surface area contributed by atoms with Gasteiger partial charge >= 0.3 is 0 Å². The second kappa shape index (κ2) is 8.82. The molecule has 0 unspecified atom stereocenters. The summed E-state index contributed by atoms with van der Waals surface area (Å²) in [5.74, 6) is 1.52. The molecule has 0 atom stereocenters. The van der Waals surface area contributed by atoms with Gasteiger partial charge in [-0.05, 0) is 48.0 Å². The van der Waals surface area contributed by atoms with Crippen molar-refractivity contribution in [3.05, 3.63) is 72.4 Å². The zero-order valence-electron chi connectivity index (χ0n) is 16.3. The van der Waals surface area contributed by atoms with Crippen LogP contribution in [0.4, 0.5) is 0 Å². The van der Waals surface area contributed by atoms with Crippen LogP contribution in [0.3, 0.4) is 0 Å². The zero-order valence-corrected chi connectivity index (χ0v) is 17.9. The number of sulfone groups is 1. The molecule has 30 heavy (non-hydrogen) atoms. The molecule has 1 N–H and O–H groups in total. The SMILES string of the molecule is COc1ccc(Oc2cc(CNS(=O)(=O)c3ccccc3S(C)(=O)=O)ccn2)cc1. The lowest BCUT2D eigenvalue weighted by Crippen LogP contribution is -2.25. The quantitative estimate of drug-likeness (QED) is 0.564. The lowest BCUT2D eigenvalue weighted by molar-refractivity contribution is 0.412. The number of hydrogen-bond donors (Lipinski definition) is 1. The second-order valence-electron chi connectivity index (χ2n) is 6.32. The number of nitrogens with one attached hydrogen (secondary N) is 1. The van der Waals surface area contributed by atoms with Gasteiger partial charge in [0.2, 0.25) is 15.9 Å². The van der Waals surface area contributed by atoms with Crippen LogP contribution in [-0.4, -0.2) is 35.2 Å². The minimum absolute atomic E-state index is 0.0675. The zero-order chi connectivity index (χ0) is 21.8. The van der Waals surface area contributed by atoms with Crippen LogP contribution in [0.5, 0.6) is 17.4 Å². The van der Waals surface area contributed by atoms with E-state index < -0.39 is 19.9 Å². The van der Waals surface area contributed by atoms with E-state index in [1.165, 1.54) is 30.5 Å². The van der Waals surface area contributed by atoms with Gasteiger partial charge in [-0.2, -0.15) is 0 Å². The van der Waals surface area contributed by atoms with E-state index in [2.05, 4.69) is 9.71 Å². The highest BCUT2D eigenvalue weighted by atomic mass is 32.2. The van der Waals surface area contributed by atoms with Crippen molar-refractivity contribution in [1.82, 2.24) is 9.71 Å². The molecule has 0 radical (unpaired) electrons. The molecule has 0 saturated carbocycles. The Hall–Kier alpha value is -2.95. The van der Waals surface area contributed by atoms with Crippen LogP contribution in [-0.2, 0) is 26.4 Å². The fraction of sp³-hybridized carbons (Fsp3) is 0.150. The maximum absolute atomic E-state index is 12.7. The number of hydrogen-bond acceptors (Lipinski definition) is 7. The standard InChI is InChI=1S/C20H20N2O6S2/c1-27-16-7-9-17(10-8-16)28-20-13-15(11-12-21-20)14-22-30(25,26)19-6-4-3-5-18(19)29(2,23)24/h3-13,22H,14H2,1-2H3. The molecular weight excluding hydrogens is 428 g/mol. The van der Waals surface area contributed by atoms with Crippen molar-refractivity contribution in [3.63, 3.8) is 0 Å². The Morgan fingerprint density at radius 2 is 1.53 bits per heavy atom. The fourth-order valence-electron chi connectivity index (χ4n) is 2.62. The van der Waals surface area contributed by atoms with Gasteiger partial charge in [-0.15, -0.1) is 0 Å². The highest BCUT2D eigenvalue weighted by Gasteiger charge is 2.23. The third-order valence-electron chi connectivity index (χ3n) is 4.09. The van der Waals surface area contributed by atoms with Crippen LogP contribution < -0.4 is 14.2 Å². The third kappa shape index (κ3) is 5.35. The topological polar surface area (TPSA) is 112 Å². The first-order valence-corrected chi connectivity index (χ1v) is 12.1. The largest absolute Gasteiger partial charge is 0.497 e. The van der Waals surface area contributed by atoms with E-state index in [-0.39, 0.29) is 22.2 Å². The molecule has 158 valence electrons. The average molecular weight is 449 g/mol. The van der Waals surface area contributed by atoms with E-state index >= 15 is 0 Å². The number of aromatic nitrogens is 1. The van der Waals surface area contributed by atoms with Crippen molar-refractivity contribution in [3.8, 4) is 17.4 Å². The summed E-state index contributed by atoms with van der Waals surface area (Å²) in [5.41, 5.74) is 0.592. The number of rotatable bonds is 8. The summed E-state index contributed by atoms with van der Waals surface area (Å²) in [6.07, 6.45) is 2.46. The van der Waals surface area contributed by atoms with Gasteiger partial charge in [0.1, 0.15) is 16.4 Å². The smallest absolute Gasteiger partial charge is 0.242 e. The first-order valence-electron chi connectivity index (χ1n) is 8.74. The van der Waals surface area contributed by atoms with Crippen LogP contribution in [0.2, 0.25) is 0 Å². The summed E-state index contributed by atoms with van der Waals surface area (Å²) in [6.45, 7) is -0.0675. The van der Waals surface area contributed by atoms with Crippen LogP contribution in [0.25, 0.3) is 0 Å². The molecule has 10 heteroatoms. The van der Waals surface area contributed by atoms with Crippen molar-refractivity contribution in [1.29, 1.82) is 0 Å². The number of pyridine rings is 1. The van der Waals surface area contributed by atoms with Gasteiger partial charge < -0.3 is 9.47 Å². The van der Waals surface area contributed by atoms with Crippen molar-refractivity contribution in [2.45, 2.75) is 16.3 Å². The minimum Gasteiger partial charge on any atom is -0.497 e. The normalized spacial score (nSPS) is 11.8. The lowest BCUT2D eigenvalue weighted by atomic mass is 10.3. The van der Waals surface area contributed by atoms with Gasteiger partial charge in [-0.25, -0.2) is 26.5 Å². The molecular formula is C20H20N2O6S2. The number of methoxy groups -OCH3 is 1. The molecule has 0 aliphatic heterocycles. The van der Waals surface area contributed by atoms with Crippen molar-refractivity contribution in [2.75, 3.05) is 13.4 Å². The summed E-state index contributed by atoms with van der Waals surface area (Å²) in [4.78, 5) is 3.57. The average Bonchev–Trinajstić information content (AvgIpc) is 2.73. The number of benzene rings is 2. The highest BCUT2D eigenvalue weighted by molar-refractivity contribution is 7.93. The monoisotopic (exact) mass is 448 g/mol. The van der Waals surface area contributed by atoms with E-state index in [9.17, 15) is 16.8 Å². The first-order chi connectivity index (χ1) is 14.2. The van der Waals surface area contributed by atoms with Crippen molar-refractivity contribution in [2.24, 2.45) is 0 Å². The Balaban J connectivity index is 1.75. The fourth-order valence-corrected chi connectivity index (χ4v) is 5.26. The molecule has 8 nitrogen and oxygen atoms in total. The van der Waals surface area contributed by atoms with Crippen LogP contribution >= 0.6 is 0 Å². The minimum atomic E-state index is -4.06. The predicted molar refractivity (Wildman–Crippen MR) is 111 cm³/mol. The van der Waals surface area contributed by atoms with Crippen LogP contribution in [0.1, 0.15) is 5.56 Å². The van der Waals surface area contributed by atoms with E-state index in [1.807, 2.05) is 0 Å². The van der Waals surface area contributed by atoms with Crippen molar-refractivity contribution >= 4 is 19.9 Å². The second-order valence-corrected chi connectivity index (χ2v) is 10.0. The van der Waals surface area contributed by atoms with Gasteiger partial charge in [-0.1, -0.05) is 12.1 Å². The molecule has 0 saturated heterocycles. The Labute approximate surface area is 175 Å². The first kappa shape index (κ1) is 21.8. The third-order valence-corrected chi connectivity index (χ3v) is 6.83. The molecule has 0 aliphatic carbocycles. The molecule has 1 heterocycles. The van der Waals surface area contributed by atoms with E-state index in [1.54, 1.807) is 43.5 Å². The van der Waals surface area contributed by atoms with Crippen LogP contribution in [0, 0.1) is 0 Å². The van der Waals surface area contributed by atoms with E-state index in [0.717, 1.165) is 6.26 Å². The summed E-state index contributed by atoms with van der Waals surface area (Å²) in [6, 6.07) is 15.6. The Morgan fingerprint density at radius 1 is 0.900 bits per heavy atom. The Morgan fingerprint density at radius 3 is 2.17 bits per heavy atom. The number of ether oxygens (including phenoxy) is 2. The molecule has 3 rings (SSSR count). The molecule has 0 amide bonds. The molecule has 0 spiro atoms. The van der Waals surface area contributed by atoms with E-state index in [0.29, 0.717) is 17.1 Å². The van der Waals surface area contributed by atoms with Gasteiger partial charge in [0.05, 0.1) is 12.0 Å². The molecule has 1 aromatic heterocycles. The molecule has 0 fully saturated rings. The van der Waals surface area contributed by atoms with Gasteiger partial charge in [-0.3, -0.25) is 0 Å². The Kier molecular flexibility index (Phi) is 6.40. The Bertz CT molecular complexity index is 1240. The van der Waals surface area contributed by atoms with Crippen molar-refractivity contribution < 1.29 is 26.3 Å². The summed E-state index contributed by atoms with van der Waals surface area (Å²) in [7, 11) is -6.19. The predicted octanol–water partition coefficient (Wildman–Crippen LogP) is 2.76. The molecule has 3 aromatic rings. The molecule has 0 bridgehead atoms. The summed E-state index contributed by atoms with van der Waals surface area (Å²) < 4.78 is 62.4. The van der Waals surface area contributed by atoms with Gasteiger partial charge in [0.25, 0.3) is 0 Å². The molecule has 2 aromatic carbocycles. The molecule has 0 aliphatic rings. The van der Waals surface area contributed by atoms with Gasteiger partial charge in [0.15, 0.2) is 9.84 Å².